The third-order valence-electron chi connectivity index (χ3n) is 2.60. The maximum absolute atomic E-state index is 11.7. The molecule has 0 fully saturated rings. The van der Waals surface area contributed by atoms with Gasteiger partial charge in [-0.2, -0.15) is 0 Å². The second kappa shape index (κ2) is 4.54. The Labute approximate surface area is 108 Å². The number of hydrogen-bond donors (Lipinski definition) is 3. The van der Waals surface area contributed by atoms with Crippen LogP contribution in [-0.2, 0) is 10.0 Å². The van der Waals surface area contributed by atoms with Crippen molar-refractivity contribution in [2.75, 3.05) is 4.72 Å². The van der Waals surface area contributed by atoms with Crippen molar-refractivity contribution >= 4 is 26.7 Å². The Balaban J connectivity index is 2.51. The van der Waals surface area contributed by atoms with Crippen LogP contribution in [0.1, 0.15) is 13.8 Å². The van der Waals surface area contributed by atoms with Crippen LogP contribution in [0.25, 0.3) is 11.0 Å². The summed E-state index contributed by atoms with van der Waals surface area (Å²) in [6, 6.07) is 4.48. The number of anilines is 1. The van der Waals surface area contributed by atoms with Crippen LogP contribution >= 0.6 is 0 Å². The molecule has 19 heavy (non-hydrogen) atoms. The zero-order valence-corrected chi connectivity index (χ0v) is 11.2. The SMILES string of the molecule is CC(C)S(=O)(=O)Nc1ccc2[nH]c(=O)c(=O)[nH]c2c1. The Morgan fingerprint density at radius 3 is 2.21 bits per heavy atom. The summed E-state index contributed by atoms with van der Waals surface area (Å²) in [7, 11) is -3.45. The van der Waals surface area contributed by atoms with E-state index in [1.165, 1.54) is 18.2 Å². The molecule has 1 aromatic heterocycles. The van der Waals surface area contributed by atoms with Gasteiger partial charge >= 0.3 is 11.1 Å². The van der Waals surface area contributed by atoms with E-state index in [0.717, 1.165) is 0 Å². The number of H-pyrrole nitrogens is 2. The molecule has 0 amide bonds. The Kier molecular flexibility index (Phi) is 3.19. The molecular weight excluding hydrogens is 270 g/mol. The molecule has 0 bridgehead atoms. The molecule has 0 spiro atoms. The highest BCUT2D eigenvalue weighted by atomic mass is 32.2. The minimum absolute atomic E-state index is 0.323. The van der Waals surface area contributed by atoms with Crippen molar-refractivity contribution in [3.05, 3.63) is 38.9 Å². The molecule has 2 rings (SSSR count). The average molecular weight is 283 g/mol. The molecule has 0 atom stereocenters. The fourth-order valence-corrected chi connectivity index (χ4v) is 2.15. The topological polar surface area (TPSA) is 112 Å². The maximum Gasteiger partial charge on any atom is 0.314 e. The van der Waals surface area contributed by atoms with Crippen molar-refractivity contribution in [2.45, 2.75) is 19.1 Å². The molecule has 0 unspecified atom stereocenters. The van der Waals surface area contributed by atoms with Crippen LogP contribution in [0, 0.1) is 0 Å². The summed E-state index contributed by atoms with van der Waals surface area (Å²) < 4.78 is 25.8. The number of fused-ring (bicyclic) bond motifs is 1. The normalized spacial score (nSPS) is 11.9. The molecule has 3 N–H and O–H groups in total. The predicted octanol–water partition coefficient (Wildman–Crippen LogP) is 0.366. The van der Waals surface area contributed by atoms with Crippen LogP contribution in [0.2, 0.25) is 0 Å². The molecule has 0 aliphatic rings. The molecule has 102 valence electrons. The zero-order chi connectivity index (χ0) is 14.2. The van der Waals surface area contributed by atoms with E-state index in [4.69, 9.17) is 0 Å². The van der Waals surface area contributed by atoms with Gasteiger partial charge in [-0.25, -0.2) is 8.42 Å². The summed E-state index contributed by atoms with van der Waals surface area (Å²) in [5.74, 6) is 0. The Morgan fingerprint density at radius 1 is 1.05 bits per heavy atom. The Bertz CT molecular complexity index is 833. The molecule has 0 saturated heterocycles. The Morgan fingerprint density at radius 2 is 1.63 bits per heavy atom. The van der Waals surface area contributed by atoms with Crippen molar-refractivity contribution < 1.29 is 8.42 Å². The first-order valence-electron chi connectivity index (χ1n) is 5.57. The van der Waals surface area contributed by atoms with Crippen molar-refractivity contribution in [1.82, 2.24) is 9.97 Å². The lowest BCUT2D eigenvalue weighted by Gasteiger charge is -2.11. The molecule has 1 aromatic carbocycles. The molecule has 0 radical (unpaired) electrons. The van der Waals surface area contributed by atoms with E-state index in [1.807, 2.05) is 0 Å². The monoisotopic (exact) mass is 283 g/mol. The van der Waals surface area contributed by atoms with Gasteiger partial charge in [-0.1, -0.05) is 0 Å². The van der Waals surface area contributed by atoms with Crippen LogP contribution < -0.4 is 15.8 Å². The van der Waals surface area contributed by atoms with Gasteiger partial charge < -0.3 is 9.97 Å². The van der Waals surface area contributed by atoms with Crippen LogP contribution in [0.3, 0.4) is 0 Å². The zero-order valence-electron chi connectivity index (χ0n) is 10.4. The van der Waals surface area contributed by atoms with E-state index in [9.17, 15) is 18.0 Å². The summed E-state index contributed by atoms with van der Waals surface area (Å²) >= 11 is 0. The highest BCUT2D eigenvalue weighted by Crippen LogP contribution is 2.16. The lowest BCUT2D eigenvalue weighted by molar-refractivity contribution is 0.593. The number of nitrogens with one attached hydrogen (secondary N) is 3. The summed E-state index contributed by atoms with van der Waals surface area (Å²) in [6.07, 6.45) is 0. The van der Waals surface area contributed by atoms with Crippen LogP contribution in [0.4, 0.5) is 5.69 Å². The van der Waals surface area contributed by atoms with Crippen molar-refractivity contribution in [1.29, 1.82) is 0 Å². The van der Waals surface area contributed by atoms with Gasteiger partial charge in [0.2, 0.25) is 10.0 Å². The van der Waals surface area contributed by atoms with Gasteiger partial charge in [0.05, 0.1) is 22.0 Å². The third kappa shape index (κ3) is 2.68. The summed E-state index contributed by atoms with van der Waals surface area (Å²) in [6.45, 7) is 3.12. The average Bonchev–Trinajstić information content (AvgIpc) is 2.30. The van der Waals surface area contributed by atoms with Crippen molar-refractivity contribution in [3.63, 3.8) is 0 Å². The summed E-state index contributed by atoms with van der Waals surface area (Å²) in [4.78, 5) is 27.1. The standard InChI is InChI=1S/C11H13N3O4S/c1-6(2)19(17,18)14-7-3-4-8-9(5-7)13-11(16)10(15)12-8/h3-6,14H,1-2H3,(H,12,15)(H,13,16). The molecule has 2 aromatic rings. The predicted molar refractivity (Wildman–Crippen MR) is 72.9 cm³/mol. The number of hydrogen-bond acceptors (Lipinski definition) is 4. The molecule has 8 heteroatoms. The highest BCUT2D eigenvalue weighted by molar-refractivity contribution is 7.93. The number of sulfonamides is 1. The van der Waals surface area contributed by atoms with E-state index in [2.05, 4.69) is 14.7 Å². The smallest absolute Gasteiger partial charge is 0.314 e. The van der Waals surface area contributed by atoms with Crippen LogP contribution in [0.5, 0.6) is 0 Å². The lowest BCUT2D eigenvalue weighted by atomic mass is 10.3. The maximum atomic E-state index is 11.7. The first-order valence-corrected chi connectivity index (χ1v) is 7.12. The first kappa shape index (κ1) is 13.3. The lowest BCUT2D eigenvalue weighted by Crippen LogP contribution is -2.29. The first-order chi connectivity index (χ1) is 8.79. The highest BCUT2D eigenvalue weighted by Gasteiger charge is 2.15. The van der Waals surface area contributed by atoms with Crippen LogP contribution in [-0.4, -0.2) is 23.6 Å². The molecule has 1 heterocycles. The third-order valence-corrected chi connectivity index (χ3v) is 4.36. The molecule has 7 nitrogen and oxygen atoms in total. The molecular formula is C11H13N3O4S. The Hall–Kier alpha value is -2.09. The van der Waals surface area contributed by atoms with Crippen molar-refractivity contribution in [2.24, 2.45) is 0 Å². The van der Waals surface area contributed by atoms with Crippen LogP contribution in [0.15, 0.2) is 27.8 Å². The second-order valence-corrected chi connectivity index (χ2v) is 6.60. The van der Waals surface area contributed by atoms with Crippen molar-refractivity contribution in [3.8, 4) is 0 Å². The second-order valence-electron chi connectivity index (χ2n) is 4.36. The van der Waals surface area contributed by atoms with Gasteiger partial charge in [0.25, 0.3) is 0 Å². The quantitative estimate of drug-likeness (QED) is 0.706. The van der Waals surface area contributed by atoms with E-state index in [1.54, 1.807) is 13.8 Å². The van der Waals surface area contributed by atoms with Gasteiger partial charge in [0, 0.05) is 0 Å². The van der Waals surface area contributed by atoms with Gasteiger partial charge in [-0.05, 0) is 32.0 Å². The number of aromatic amines is 2. The van der Waals surface area contributed by atoms with E-state index >= 15 is 0 Å². The fourth-order valence-electron chi connectivity index (χ4n) is 1.46. The molecule has 0 saturated carbocycles. The minimum atomic E-state index is -3.45. The fraction of sp³-hybridized carbons (Fsp3) is 0.273. The van der Waals surface area contributed by atoms with Gasteiger partial charge in [-0.3, -0.25) is 14.3 Å². The molecule has 0 aliphatic carbocycles. The van der Waals surface area contributed by atoms with Gasteiger partial charge in [0.1, 0.15) is 0 Å². The van der Waals surface area contributed by atoms with E-state index < -0.39 is 26.4 Å². The summed E-state index contributed by atoms with van der Waals surface area (Å²) in [5.41, 5.74) is -0.422. The van der Waals surface area contributed by atoms with Gasteiger partial charge in [-0.15, -0.1) is 0 Å². The minimum Gasteiger partial charge on any atom is -0.316 e. The number of benzene rings is 1. The number of aromatic nitrogens is 2. The number of rotatable bonds is 3. The van der Waals surface area contributed by atoms with E-state index in [-0.39, 0.29) is 0 Å². The largest absolute Gasteiger partial charge is 0.316 e. The molecule has 0 aliphatic heterocycles. The van der Waals surface area contributed by atoms with E-state index in [0.29, 0.717) is 16.7 Å². The summed E-state index contributed by atoms with van der Waals surface area (Å²) in [5, 5.41) is -0.571. The van der Waals surface area contributed by atoms with Gasteiger partial charge in [0.15, 0.2) is 0 Å².